The van der Waals surface area contributed by atoms with Gasteiger partial charge in [-0.2, -0.15) is 4.72 Å². The van der Waals surface area contributed by atoms with Gasteiger partial charge in [0.25, 0.3) is 0 Å². The Morgan fingerprint density at radius 2 is 1.62 bits per heavy atom. The van der Waals surface area contributed by atoms with E-state index < -0.39 is 21.9 Å². The highest BCUT2D eigenvalue weighted by Gasteiger charge is 2.26. The number of sulfonamides is 1. The number of nitrogens with one attached hydrogen (secondary N) is 2. The number of benzene rings is 2. The summed E-state index contributed by atoms with van der Waals surface area (Å²) >= 11 is 0. The summed E-state index contributed by atoms with van der Waals surface area (Å²) in [6.07, 6.45) is 5.55. The lowest BCUT2D eigenvalue weighted by Crippen LogP contribution is -2.48. The average molecular weight is 421 g/mol. The number of hydrogen-bond acceptors (Lipinski definition) is 3. The van der Waals surface area contributed by atoms with Crippen LogP contribution in [0.3, 0.4) is 0 Å². The number of hydrogen-bond donors (Lipinski definition) is 2. The minimum atomic E-state index is -3.96. The van der Waals surface area contributed by atoms with Crippen LogP contribution in [0, 0.1) is 5.82 Å². The van der Waals surface area contributed by atoms with Crippen LogP contribution in [0.2, 0.25) is 0 Å². The van der Waals surface area contributed by atoms with Crippen LogP contribution in [0.5, 0.6) is 0 Å². The fourth-order valence-corrected chi connectivity index (χ4v) is 4.17. The van der Waals surface area contributed by atoms with Crippen LogP contribution in [-0.4, -0.2) is 26.9 Å². The molecular formula is C22H29FN2O3S. The molecule has 0 radical (unpaired) electrons. The Bertz CT molecular complexity index is 855. The van der Waals surface area contributed by atoms with E-state index in [1.807, 2.05) is 30.3 Å². The van der Waals surface area contributed by atoms with E-state index in [0.717, 1.165) is 43.4 Å². The maximum Gasteiger partial charge on any atom is 0.241 e. The Hall–Kier alpha value is -2.25. The van der Waals surface area contributed by atoms with Crippen molar-refractivity contribution in [3.63, 3.8) is 0 Å². The quantitative estimate of drug-likeness (QED) is 0.513. The summed E-state index contributed by atoms with van der Waals surface area (Å²) in [7, 11) is -3.96. The molecule has 2 aromatic rings. The first-order valence-corrected chi connectivity index (χ1v) is 11.5. The van der Waals surface area contributed by atoms with Crippen LogP contribution in [0.25, 0.3) is 0 Å². The number of unbranched alkanes of at least 4 members (excludes halogenated alkanes) is 4. The molecule has 1 unspecified atom stereocenters. The van der Waals surface area contributed by atoms with Crippen molar-refractivity contribution in [2.24, 2.45) is 0 Å². The number of amides is 1. The van der Waals surface area contributed by atoms with Crippen LogP contribution in [0.15, 0.2) is 59.5 Å². The van der Waals surface area contributed by atoms with Gasteiger partial charge in [-0.05, 0) is 42.7 Å². The highest BCUT2D eigenvalue weighted by molar-refractivity contribution is 7.89. The molecule has 1 atom stereocenters. The van der Waals surface area contributed by atoms with Gasteiger partial charge >= 0.3 is 0 Å². The molecule has 0 aromatic heterocycles. The van der Waals surface area contributed by atoms with Gasteiger partial charge in [-0.25, -0.2) is 12.8 Å². The zero-order valence-corrected chi connectivity index (χ0v) is 17.6. The van der Waals surface area contributed by atoms with E-state index in [0.29, 0.717) is 6.54 Å². The third-order valence-electron chi connectivity index (χ3n) is 4.60. The number of carbonyl (C=O) groups is 1. The molecule has 0 bridgehead atoms. The molecule has 0 spiro atoms. The molecule has 0 saturated heterocycles. The second-order valence-corrected chi connectivity index (χ2v) is 8.74. The largest absolute Gasteiger partial charge is 0.355 e. The minimum Gasteiger partial charge on any atom is -0.355 e. The molecule has 2 aromatic carbocycles. The van der Waals surface area contributed by atoms with Crippen LogP contribution in [0.4, 0.5) is 4.39 Å². The highest BCUT2D eigenvalue weighted by atomic mass is 32.2. The molecule has 1 amide bonds. The summed E-state index contributed by atoms with van der Waals surface area (Å²) in [4.78, 5) is 12.6. The highest BCUT2D eigenvalue weighted by Crippen LogP contribution is 2.12. The maximum absolute atomic E-state index is 13.1. The molecule has 29 heavy (non-hydrogen) atoms. The Labute approximate surface area is 172 Å². The molecule has 5 nitrogen and oxygen atoms in total. The van der Waals surface area contributed by atoms with Crippen LogP contribution >= 0.6 is 0 Å². The van der Waals surface area contributed by atoms with Crippen molar-refractivity contribution in [2.45, 2.75) is 56.4 Å². The molecule has 0 fully saturated rings. The summed E-state index contributed by atoms with van der Waals surface area (Å²) < 4.78 is 41.0. The van der Waals surface area contributed by atoms with Gasteiger partial charge in [0.15, 0.2) is 0 Å². The summed E-state index contributed by atoms with van der Waals surface area (Å²) in [6, 6.07) is 12.8. The number of rotatable bonds is 12. The summed E-state index contributed by atoms with van der Waals surface area (Å²) in [5.41, 5.74) is 0.845. The van der Waals surface area contributed by atoms with Gasteiger partial charge in [0.05, 0.1) is 4.90 Å². The lowest BCUT2D eigenvalue weighted by Gasteiger charge is -2.19. The monoisotopic (exact) mass is 420 g/mol. The standard InChI is InChI=1S/C22H29FN2O3S/c1-2-3-4-5-9-16-24-22(26)21(17-18-10-7-6-8-11-18)25-29(27,28)20-14-12-19(23)13-15-20/h6-8,10-15,21,25H,2-5,9,16-17H2,1H3,(H,24,26). The average Bonchev–Trinajstić information content (AvgIpc) is 2.71. The first-order valence-electron chi connectivity index (χ1n) is 10.0. The van der Waals surface area contributed by atoms with Crippen LogP contribution < -0.4 is 10.0 Å². The van der Waals surface area contributed by atoms with E-state index >= 15 is 0 Å². The molecule has 0 aliphatic heterocycles. The first-order chi connectivity index (χ1) is 13.9. The van der Waals surface area contributed by atoms with Gasteiger partial charge in [-0.3, -0.25) is 4.79 Å². The lowest BCUT2D eigenvalue weighted by molar-refractivity contribution is -0.122. The van der Waals surface area contributed by atoms with Crippen molar-refractivity contribution in [3.8, 4) is 0 Å². The van der Waals surface area contributed by atoms with Crippen molar-refractivity contribution in [1.29, 1.82) is 0 Å². The predicted molar refractivity (Wildman–Crippen MR) is 112 cm³/mol. The van der Waals surface area contributed by atoms with Crippen molar-refractivity contribution in [3.05, 3.63) is 66.0 Å². The number of halogens is 1. The molecule has 0 aliphatic rings. The van der Waals surface area contributed by atoms with E-state index in [1.54, 1.807) is 0 Å². The molecule has 0 saturated carbocycles. The fraction of sp³-hybridized carbons (Fsp3) is 0.409. The molecule has 2 N–H and O–H groups in total. The van der Waals surface area contributed by atoms with Gasteiger partial charge < -0.3 is 5.32 Å². The van der Waals surface area contributed by atoms with E-state index in [1.165, 1.54) is 18.6 Å². The lowest BCUT2D eigenvalue weighted by atomic mass is 10.1. The summed E-state index contributed by atoms with van der Waals surface area (Å²) in [6.45, 7) is 2.65. The van der Waals surface area contributed by atoms with Gasteiger partial charge in [0.2, 0.25) is 15.9 Å². The second-order valence-electron chi connectivity index (χ2n) is 7.02. The Morgan fingerprint density at radius 3 is 2.28 bits per heavy atom. The normalized spacial score (nSPS) is 12.5. The second kappa shape index (κ2) is 11.7. The van der Waals surface area contributed by atoms with Crippen molar-refractivity contribution >= 4 is 15.9 Å². The van der Waals surface area contributed by atoms with Gasteiger partial charge in [0.1, 0.15) is 11.9 Å². The molecule has 158 valence electrons. The maximum atomic E-state index is 13.1. The van der Waals surface area contributed by atoms with Crippen LogP contribution in [0.1, 0.15) is 44.6 Å². The van der Waals surface area contributed by atoms with E-state index in [9.17, 15) is 17.6 Å². The van der Waals surface area contributed by atoms with Crippen molar-refractivity contribution in [2.75, 3.05) is 6.54 Å². The van der Waals surface area contributed by atoms with Crippen molar-refractivity contribution < 1.29 is 17.6 Å². The topological polar surface area (TPSA) is 75.3 Å². The zero-order chi connectivity index (χ0) is 21.1. The van der Waals surface area contributed by atoms with Crippen molar-refractivity contribution in [1.82, 2.24) is 10.0 Å². The first kappa shape index (κ1) is 23.0. The molecule has 0 aliphatic carbocycles. The smallest absolute Gasteiger partial charge is 0.241 e. The fourth-order valence-electron chi connectivity index (χ4n) is 2.97. The van der Waals surface area contributed by atoms with Gasteiger partial charge in [-0.1, -0.05) is 62.9 Å². The molecule has 2 rings (SSSR count). The Morgan fingerprint density at radius 1 is 0.966 bits per heavy atom. The van der Waals surface area contributed by atoms with Gasteiger partial charge in [0, 0.05) is 6.54 Å². The predicted octanol–water partition coefficient (Wildman–Crippen LogP) is 3.80. The third kappa shape index (κ3) is 7.95. The summed E-state index contributed by atoms with van der Waals surface area (Å²) in [5.74, 6) is -0.888. The van der Waals surface area contributed by atoms with Crippen LogP contribution in [-0.2, 0) is 21.2 Å². The third-order valence-corrected chi connectivity index (χ3v) is 6.09. The molecular weight excluding hydrogens is 391 g/mol. The molecule has 7 heteroatoms. The zero-order valence-electron chi connectivity index (χ0n) is 16.7. The van der Waals surface area contributed by atoms with E-state index in [2.05, 4.69) is 17.0 Å². The van der Waals surface area contributed by atoms with Gasteiger partial charge in [-0.15, -0.1) is 0 Å². The van der Waals surface area contributed by atoms with E-state index in [-0.39, 0.29) is 17.2 Å². The Balaban J connectivity index is 2.06. The molecule has 0 heterocycles. The Kier molecular flexibility index (Phi) is 9.28. The SMILES string of the molecule is CCCCCCCNC(=O)C(Cc1ccccc1)NS(=O)(=O)c1ccc(F)cc1. The minimum absolute atomic E-state index is 0.0793. The van der Waals surface area contributed by atoms with E-state index in [4.69, 9.17) is 0 Å². The summed E-state index contributed by atoms with van der Waals surface area (Å²) in [5, 5.41) is 2.84. The number of carbonyl (C=O) groups excluding carboxylic acids is 1.